The summed E-state index contributed by atoms with van der Waals surface area (Å²) < 4.78 is 5.18. The zero-order valence-corrected chi connectivity index (χ0v) is 16.8. The Bertz CT molecular complexity index is 788. The molecule has 0 spiro atoms. The highest BCUT2D eigenvalue weighted by atomic mass is 16.5. The molecule has 7 heteroatoms. The summed E-state index contributed by atoms with van der Waals surface area (Å²) in [6.07, 6.45) is 6.03. The number of hydrogen-bond donors (Lipinski definition) is 2. The third-order valence-electron chi connectivity index (χ3n) is 5.16. The third kappa shape index (κ3) is 5.34. The van der Waals surface area contributed by atoms with Gasteiger partial charge < -0.3 is 20.3 Å². The number of carbonyl (C=O) groups excluding carboxylic acids is 1. The number of benzene rings is 1. The monoisotopic (exact) mass is 383 g/mol. The number of methoxy groups -OCH3 is 1. The van der Waals surface area contributed by atoms with Gasteiger partial charge in [0.1, 0.15) is 11.6 Å². The van der Waals surface area contributed by atoms with Crippen LogP contribution >= 0.6 is 0 Å². The van der Waals surface area contributed by atoms with Crippen molar-refractivity contribution in [2.75, 3.05) is 38.0 Å². The van der Waals surface area contributed by atoms with E-state index >= 15 is 0 Å². The number of rotatable bonds is 7. The molecule has 2 aromatic rings. The van der Waals surface area contributed by atoms with Crippen molar-refractivity contribution in [1.82, 2.24) is 15.3 Å². The lowest BCUT2D eigenvalue weighted by molar-refractivity contribution is 0.0943. The van der Waals surface area contributed by atoms with E-state index in [1.807, 2.05) is 37.2 Å². The van der Waals surface area contributed by atoms with Crippen LogP contribution in [0.25, 0.3) is 0 Å². The highest BCUT2D eigenvalue weighted by Gasteiger charge is 2.22. The lowest BCUT2D eigenvalue weighted by Gasteiger charge is -2.29. The number of carbonyl (C=O) groups is 1. The number of nitrogens with zero attached hydrogens (tertiary/aromatic N) is 3. The van der Waals surface area contributed by atoms with Crippen LogP contribution in [0.5, 0.6) is 5.75 Å². The Morgan fingerprint density at radius 1 is 1.21 bits per heavy atom. The summed E-state index contributed by atoms with van der Waals surface area (Å²) in [7, 11) is 5.54. The van der Waals surface area contributed by atoms with Gasteiger partial charge >= 0.3 is 0 Å². The summed E-state index contributed by atoms with van der Waals surface area (Å²) in [4.78, 5) is 23.2. The minimum Gasteiger partial charge on any atom is -0.497 e. The molecule has 1 fully saturated rings. The third-order valence-corrected chi connectivity index (χ3v) is 5.16. The Balaban J connectivity index is 1.44. The first-order chi connectivity index (χ1) is 13.5. The maximum atomic E-state index is 12.3. The first-order valence-corrected chi connectivity index (χ1v) is 9.74. The molecule has 3 rings (SSSR count). The smallest absolute Gasteiger partial charge is 0.251 e. The van der Waals surface area contributed by atoms with Crippen LogP contribution in [0.4, 0.5) is 11.8 Å². The van der Waals surface area contributed by atoms with E-state index < -0.39 is 0 Å². The van der Waals surface area contributed by atoms with Crippen LogP contribution in [-0.4, -0.2) is 49.7 Å². The largest absolute Gasteiger partial charge is 0.497 e. The average Bonchev–Trinajstić information content (AvgIpc) is 2.73. The topological polar surface area (TPSA) is 79.4 Å². The van der Waals surface area contributed by atoms with Crippen LogP contribution in [-0.2, 0) is 0 Å². The van der Waals surface area contributed by atoms with Crippen molar-refractivity contribution < 1.29 is 9.53 Å². The fraction of sp³-hybridized carbons (Fsp3) is 0.476. The lowest BCUT2D eigenvalue weighted by atomic mass is 9.86. The summed E-state index contributed by atoms with van der Waals surface area (Å²) >= 11 is 0. The first-order valence-electron chi connectivity index (χ1n) is 9.74. The van der Waals surface area contributed by atoms with Crippen molar-refractivity contribution in [3.05, 3.63) is 42.1 Å². The molecule has 150 valence electrons. The number of aromatic nitrogens is 2. The Morgan fingerprint density at radius 3 is 2.71 bits per heavy atom. The van der Waals surface area contributed by atoms with Gasteiger partial charge in [-0.2, -0.15) is 4.98 Å². The molecule has 1 heterocycles. The van der Waals surface area contributed by atoms with E-state index in [9.17, 15) is 4.79 Å². The molecule has 1 aliphatic rings. The second-order valence-electron chi connectivity index (χ2n) is 7.44. The van der Waals surface area contributed by atoms with Gasteiger partial charge in [-0.3, -0.25) is 4.79 Å². The predicted octanol–water partition coefficient (Wildman–Crippen LogP) is 2.95. The molecular formula is C21H29N5O2. The van der Waals surface area contributed by atoms with Crippen molar-refractivity contribution in [3.63, 3.8) is 0 Å². The van der Waals surface area contributed by atoms with Gasteiger partial charge in [-0.1, -0.05) is 6.07 Å². The van der Waals surface area contributed by atoms with Gasteiger partial charge in [0.05, 0.1) is 7.11 Å². The van der Waals surface area contributed by atoms with Crippen LogP contribution in [0.2, 0.25) is 0 Å². The van der Waals surface area contributed by atoms with Gasteiger partial charge in [0.2, 0.25) is 5.95 Å². The Hall–Kier alpha value is -2.83. The molecule has 0 unspecified atom stereocenters. The minimum absolute atomic E-state index is 0.0481. The molecule has 2 N–H and O–H groups in total. The molecule has 0 aliphatic heterocycles. The number of nitrogens with one attached hydrogen (secondary N) is 2. The van der Waals surface area contributed by atoms with Gasteiger partial charge in [0.25, 0.3) is 5.91 Å². The minimum atomic E-state index is -0.0481. The highest BCUT2D eigenvalue weighted by molar-refractivity contribution is 5.94. The highest BCUT2D eigenvalue weighted by Crippen LogP contribution is 2.26. The predicted molar refractivity (Wildman–Crippen MR) is 111 cm³/mol. The molecule has 1 aliphatic carbocycles. The van der Waals surface area contributed by atoms with E-state index in [0.717, 1.165) is 31.5 Å². The van der Waals surface area contributed by atoms with Gasteiger partial charge in [0.15, 0.2) is 0 Å². The second-order valence-corrected chi connectivity index (χ2v) is 7.44. The van der Waals surface area contributed by atoms with Crippen molar-refractivity contribution in [1.29, 1.82) is 0 Å². The van der Waals surface area contributed by atoms with Gasteiger partial charge in [-0.05, 0) is 55.9 Å². The van der Waals surface area contributed by atoms with Crippen LogP contribution < -0.4 is 20.3 Å². The summed E-state index contributed by atoms with van der Waals surface area (Å²) in [6, 6.07) is 9.51. The Kier molecular flexibility index (Phi) is 6.68. The van der Waals surface area contributed by atoms with Crippen molar-refractivity contribution in [2.45, 2.75) is 31.7 Å². The summed E-state index contributed by atoms with van der Waals surface area (Å²) in [5.41, 5.74) is 0.632. The number of anilines is 2. The molecule has 1 saturated carbocycles. The molecule has 28 heavy (non-hydrogen) atoms. The van der Waals surface area contributed by atoms with E-state index in [-0.39, 0.29) is 5.91 Å². The van der Waals surface area contributed by atoms with E-state index in [1.165, 1.54) is 0 Å². The average molecular weight is 383 g/mol. The molecule has 0 saturated heterocycles. The summed E-state index contributed by atoms with van der Waals surface area (Å²) in [5, 5.41) is 6.51. The quantitative estimate of drug-likeness (QED) is 0.765. The van der Waals surface area contributed by atoms with Crippen molar-refractivity contribution >= 4 is 17.7 Å². The van der Waals surface area contributed by atoms with E-state index in [0.29, 0.717) is 35.8 Å². The van der Waals surface area contributed by atoms with Crippen molar-refractivity contribution in [3.8, 4) is 5.75 Å². The van der Waals surface area contributed by atoms with Crippen LogP contribution in [0, 0.1) is 5.92 Å². The molecule has 0 atom stereocenters. The molecule has 0 bridgehead atoms. The number of amides is 1. The summed E-state index contributed by atoms with van der Waals surface area (Å²) in [6.45, 7) is 0.704. The Morgan fingerprint density at radius 2 is 2.00 bits per heavy atom. The standard InChI is InChI=1S/C21H29N5O2/c1-26(2)19-11-12-22-21(25-19)24-17-9-7-15(8-10-17)14-23-20(27)16-5-4-6-18(13-16)28-3/h4-6,11-13,15,17H,7-10,14H2,1-3H3,(H,23,27)(H,22,24,25)/t15-,17+. The normalized spacial score (nSPS) is 19.0. The van der Waals surface area contributed by atoms with E-state index in [1.54, 1.807) is 25.4 Å². The molecule has 7 nitrogen and oxygen atoms in total. The van der Waals surface area contributed by atoms with E-state index in [4.69, 9.17) is 4.74 Å². The maximum absolute atomic E-state index is 12.3. The van der Waals surface area contributed by atoms with Crippen LogP contribution in [0.1, 0.15) is 36.0 Å². The molecular weight excluding hydrogens is 354 g/mol. The molecule has 0 radical (unpaired) electrons. The second kappa shape index (κ2) is 9.39. The van der Waals surface area contributed by atoms with Crippen LogP contribution in [0.3, 0.4) is 0 Å². The SMILES string of the molecule is COc1cccc(C(=O)NC[C@H]2CC[C@@H](Nc3nccc(N(C)C)n3)CC2)c1. The Labute approximate surface area is 166 Å². The first kappa shape index (κ1) is 19.9. The zero-order valence-electron chi connectivity index (χ0n) is 16.8. The van der Waals surface area contributed by atoms with Crippen LogP contribution in [0.15, 0.2) is 36.5 Å². The van der Waals surface area contributed by atoms with Gasteiger partial charge in [-0.15, -0.1) is 0 Å². The fourth-order valence-electron chi connectivity index (χ4n) is 3.46. The zero-order chi connectivity index (χ0) is 19.9. The van der Waals surface area contributed by atoms with E-state index in [2.05, 4.69) is 20.6 Å². The fourth-order valence-corrected chi connectivity index (χ4v) is 3.46. The van der Waals surface area contributed by atoms with Gasteiger partial charge in [0, 0.05) is 38.4 Å². The molecule has 1 aromatic heterocycles. The number of ether oxygens (including phenoxy) is 1. The van der Waals surface area contributed by atoms with Crippen molar-refractivity contribution in [2.24, 2.45) is 5.92 Å². The molecule has 1 aromatic carbocycles. The number of hydrogen-bond acceptors (Lipinski definition) is 6. The maximum Gasteiger partial charge on any atom is 0.251 e. The molecule has 1 amide bonds. The lowest BCUT2D eigenvalue weighted by Crippen LogP contribution is -2.34. The summed E-state index contributed by atoms with van der Waals surface area (Å²) in [5.74, 6) is 2.72. The van der Waals surface area contributed by atoms with Gasteiger partial charge in [-0.25, -0.2) is 4.98 Å².